The monoisotopic (exact) mass is 295 g/mol. The minimum absolute atomic E-state index is 0.206. The fraction of sp³-hybridized carbons (Fsp3) is 0.467. The van der Waals surface area contributed by atoms with E-state index in [4.69, 9.17) is 11.6 Å². The standard InChI is InChI=1S/C15H18ClNO3/c1-15(8-4-5-9-15)14(20)17-12(13(18)19)10-6-2-3-7-11(10)16/h2-3,6-7,12H,4-5,8-9H2,1H3,(H,17,20)(H,18,19)/t12-/m1/s1. The van der Waals surface area contributed by atoms with Crippen LogP contribution in [0.4, 0.5) is 0 Å². The van der Waals surface area contributed by atoms with E-state index in [0.717, 1.165) is 25.7 Å². The highest BCUT2D eigenvalue weighted by molar-refractivity contribution is 6.31. The summed E-state index contributed by atoms with van der Waals surface area (Å²) in [6, 6.07) is 5.58. The van der Waals surface area contributed by atoms with Gasteiger partial charge in [0.05, 0.1) is 0 Å². The van der Waals surface area contributed by atoms with Crippen LogP contribution < -0.4 is 5.32 Å². The normalized spacial score (nSPS) is 18.5. The number of carboxylic acid groups (broad SMARTS) is 1. The van der Waals surface area contributed by atoms with E-state index >= 15 is 0 Å². The van der Waals surface area contributed by atoms with Crippen LogP contribution in [0.2, 0.25) is 5.02 Å². The molecule has 1 aliphatic carbocycles. The van der Waals surface area contributed by atoms with Crippen molar-refractivity contribution in [1.82, 2.24) is 5.32 Å². The Morgan fingerprint density at radius 1 is 1.30 bits per heavy atom. The van der Waals surface area contributed by atoms with Gasteiger partial charge in [0.2, 0.25) is 5.91 Å². The first-order chi connectivity index (χ1) is 9.44. The number of rotatable bonds is 4. The Labute approximate surface area is 123 Å². The predicted molar refractivity (Wildman–Crippen MR) is 76.5 cm³/mol. The maximum Gasteiger partial charge on any atom is 0.330 e. The molecule has 0 aliphatic heterocycles. The number of benzene rings is 1. The Kier molecular flexibility index (Phi) is 4.33. The van der Waals surface area contributed by atoms with Gasteiger partial charge in [0.15, 0.2) is 6.04 Å². The zero-order valence-electron chi connectivity index (χ0n) is 11.4. The van der Waals surface area contributed by atoms with Crippen molar-refractivity contribution in [2.75, 3.05) is 0 Å². The molecule has 0 saturated heterocycles. The molecule has 1 aliphatic rings. The molecule has 5 heteroatoms. The van der Waals surface area contributed by atoms with Gasteiger partial charge in [-0.15, -0.1) is 0 Å². The van der Waals surface area contributed by atoms with Crippen molar-refractivity contribution in [2.24, 2.45) is 5.41 Å². The van der Waals surface area contributed by atoms with Crippen LogP contribution in [0.3, 0.4) is 0 Å². The third-order valence-corrected chi connectivity index (χ3v) is 4.34. The van der Waals surface area contributed by atoms with E-state index in [2.05, 4.69) is 5.32 Å². The largest absolute Gasteiger partial charge is 0.479 e. The predicted octanol–water partition coefficient (Wildman–Crippen LogP) is 3.16. The van der Waals surface area contributed by atoms with Crippen molar-refractivity contribution in [3.8, 4) is 0 Å². The molecule has 1 amide bonds. The molecule has 0 unspecified atom stereocenters. The Bertz CT molecular complexity index is 524. The van der Waals surface area contributed by atoms with Crippen molar-refractivity contribution >= 4 is 23.5 Å². The van der Waals surface area contributed by atoms with Crippen LogP contribution in [0.1, 0.15) is 44.2 Å². The molecule has 2 N–H and O–H groups in total. The summed E-state index contributed by atoms with van der Waals surface area (Å²) in [4.78, 5) is 23.8. The maximum atomic E-state index is 12.3. The number of aliphatic carboxylic acids is 1. The molecule has 0 radical (unpaired) electrons. The summed E-state index contributed by atoms with van der Waals surface area (Å²) in [7, 11) is 0. The number of hydrogen-bond donors (Lipinski definition) is 2. The molecule has 0 bridgehead atoms. The van der Waals surface area contributed by atoms with Crippen LogP contribution in [-0.4, -0.2) is 17.0 Å². The lowest BCUT2D eigenvalue weighted by atomic mass is 9.87. The van der Waals surface area contributed by atoms with Crippen molar-refractivity contribution in [1.29, 1.82) is 0 Å². The number of carboxylic acids is 1. The first kappa shape index (κ1) is 14.9. The van der Waals surface area contributed by atoms with Gasteiger partial charge in [0.1, 0.15) is 0 Å². The Morgan fingerprint density at radius 3 is 2.45 bits per heavy atom. The highest BCUT2D eigenvalue weighted by Crippen LogP contribution is 2.38. The fourth-order valence-corrected chi connectivity index (χ4v) is 2.91. The number of carbonyl (C=O) groups excluding carboxylic acids is 1. The maximum absolute atomic E-state index is 12.3. The van der Waals surface area contributed by atoms with E-state index in [1.165, 1.54) is 0 Å². The quantitative estimate of drug-likeness (QED) is 0.896. The second-order valence-corrected chi connectivity index (χ2v) is 5.94. The van der Waals surface area contributed by atoms with E-state index in [0.29, 0.717) is 10.6 Å². The van der Waals surface area contributed by atoms with E-state index < -0.39 is 17.4 Å². The van der Waals surface area contributed by atoms with Crippen LogP contribution in [-0.2, 0) is 9.59 Å². The van der Waals surface area contributed by atoms with Gasteiger partial charge in [-0.2, -0.15) is 0 Å². The second kappa shape index (κ2) is 5.83. The van der Waals surface area contributed by atoms with Gasteiger partial charge in [0.25, 0.3) is 0 Å². The van der Waals surface area contributed by atoms with Crippen LogP contribution in [0, 0.1) is 5.41 Å². The van der Waals surface area contributed by atoms with Crippen LogP contribution in [0.5, 0.6) is 0 Å². The smallest absolute Gasteiger partial charge is 0.330 e. The molecule has 1 fully saturated rings. The molecule has 1 atom stereocenters. The van der Waals surface area contributed by atoms with E-state index in [-0.39, 0.29) is 5.91 Å². The van der Waals surface area contributed by atoms with Gasteiger partial charge in [-0.3, -0.25) is 4.79 Å². The molecule has 4 nitrogen and oxygen atoms in total. The van der Waals surface area contributed by atoms with Gasteiger partial charge in [-0.1, -0.05) is 49.6 Å². The van der Waals surface area contributed by atoms with Gasteiger partial charge in [-0.25, -0.2) is 4.79 Å². The molecule has 20 heavy (non-hydrogen) atoms. The summed E-state index contributed by atoms with van der Waals surface area (Å²) >= 11 is 6.03. The van der Waals surface area contributed by atoms with Crippen molar-refractivity contribution in [2.45, 2.75) is 38.6 Å². The molecule has 1 aromatic rings. The average Bonchev–Trinajstić information content (AvgIpc) is 2.85. The van der Waals surface area contributed by atoms with Gasteiger partial charge in [0, 0.05) is 16.0 Å². The average molecular weight is 296 g/mol. The topological polar surface area (TPSA) is 66.4 Å². The lowest BCUT2D eigenvalue weighted by molar-refractivity contribution is -0.143. The van der Waals surface area contributed by atoms with Gasteiger partial charge < -0.3 is 10.4 Å². The van der Waals surface area contributed by atoms with E-state index in [1.807, 2.05) is 6.92 Å². The number of amides is 1. The van der Waals surface area contributed by atoms with Crippen LogP contribution in [0.15, 0.2) is 24.3 Å². The van der Waals surface area contributed by atoms with Gasteiger partial charge >= 0.3 is 5.97 Å². The fourth-order valence-electron chi connectivity index (χ4n) is 2.67. The molecule has 1 saturated carbocycles. The van der Waals surface area contributed by atoms with Crippen molar-refractivity contribution in [3.05, 3.63) is 34.9 Å². The van der Waals surface area contributed by atoms with Crippen molar-refractivity contribution in [3.63, 3.8) is 0 Å². The van der Waals surface area contributed by atoms with E-state index in [1.54, 1.807) is 24.3 Å². The minimum Gasteiger partial charge on any atom is -0.479 e. The summed E-state index contributed by atoms with van der Waals surface area (Å²) in [6.45, 7) is 1.89. The lowest BCUT2D eigenvalue weighted by Gasteiger charge is -2.25. The lowest BCUT2D eigenvalue weighted by Crippen LogP contribution is -2.42. The number of carbonyl (C=O) groups is 2. The third-order valence-electron chi connectivity index (χ3n) is 3.99. The summed E-state index contributed by atoms with van der Waals surface area (Å²) in [5.41, 5.74) is -0.0498. The van der Waals surface area contributed by atoms with Gasteiger partial charge in [-0.05, 0) is 18.9 Å². The molecule has 0 heterocycles. The molecule has 108 valence electrons. The minimum atomic E-state index is -1.10. The summed E-state index contributed by atoms with van der Waals surface area (Å²) in [6.07, 6.45) is 3.61. The number of halogens is 1. The Balaban J connectivity index is 2.21. The zero-order chi connectivity index (χ0) is 14.8. The highest BCUT2D eigenvalue weighted by atomic mass is 35.5. The number of nitrogens with one attached hydrogen (secondary N) is 1. The highest BCUT2D eigenvalue weighted by Gasteiger charge is 2.38. The first-order valence-corrected chi connectivity index (χ1v) is 7.10. The van der Waals surface area contributed by atoms with E-state index in [9.17, 15) is 14.7 Å². The van der Waals surface area contributed by atoms with Crippen LogP contribution >= 0.6 is 11.6 Å². The number of hydrogen-bond acceptors (Lipinski definition) is 2. The van der Waals surface area contributed by atoms with Crippen molar-refractivity contribution < 1.29 is 14.7 Å². The molecular weight excluding hydrogens is 278 g/mol. The Morgan fingerprint density at radius 2 is 1.90 bits per heavy atom. The zero-order valence-corrected chi connectivity index (χ0v) is 12.1. The molecule has 0 spiro atoms. The van der Waals surface area contributed by atoms with Crippen LogP contribution in [0.25, 0.3) is 0 Å². The molecule has 2 rings (SSSR count). The summed E-state index contributed by atoms with van der Waals surface area (Å²) in [5.74, 6) is -1.31. The molecule has 1 aromatic carbocycles. The first-order valence-electron chi connectivity index (χ1n) is 6.72. The third kappa shape index (κ3) is 2.96. The molecular formula is C15H18ClNO3. The SMILES string of the molecule is CC1(C(=O)N[C@@H](C(=O)O)c2ccccc2Cl)CCCC1. The summed E-state index contributed by atoms with van der Waals surface area (Å²) in [5, 5.41) is 12.3. The summed E-state index contributed by atoms with van der Waals surface area (Å²) < 4.78 is 0. The second-order valence-electron chi connectivity index (χ2n) is 5.53. The Hall–Kier alpha value is -1.55. The molecule has 0 aromatic heterocycles.